The molecule has 0 aliphatic carbocycles. The largest absolute Gasteiger partial charge is 0.256 e. The molecule has 5 aromatic rings. The molecule has 0 amide bonds. The maximum atomic E-state index is 4.93. The van der Waals surface area contributed by atoms with Gasteiger partial charge in [-0.2, -0.15) is 0 Å². The van der Waals surface area contributed by atoms with E-state index < -0.39 is 0 Å². The summed E-state index contributed by atoms with van der Waals surface area (Å²) in [4.78, 5) is 19.4. The van der Waals surface area contributed by atoms with Crippen molar-refractivity contribution in [1.82, 2.24) is 19.9 Å². The van der Waals surface area contributed by atoms with Gasteiger partial charge in [-0.05, 0) is 34.1 Å². The normalized spacial score (nSPS) is 11.9. The van der Waals surface area contributed by atoms with Crippen molar-refractivity contribution in [2.75, 3.05) is 0 Å². The Morgan fingerprint density at radius 1 is 0.447 bits per heavy atom. The summed E-state index contributed by atoms with van der Waals surface area (Å²) in [5.41, 5.74) is 7.47. The van der Waals surface area contributed by atoms with Crippen LogP contribution in [-0.4, -0.2) is 19.9 Å². The summed E-state index contributed by atoms with van der Waals surface area (Å²) in [5.74, 6) is 1.94. The van der Waals surface area contributed by atoms with E-state index in [-0.39, 0.29) is 10.8 Å². The van der Waals surface area contributed by atoms with Crippen LogP contribution in [0.15, 0.2) is 97.2 Å². The third-order valence-corrected chi connectivity index (χ3v) is 6.74. The number of hydrogen-bond donors (Lipinski definition) is 0. The Morgan fingerprint density at radius 2 is 0.895 bits per heavy atom. The summed E-state index contributed by atoms with van der Waals surface area (Å²) in [7, 11) is 0. The van der Waals surface area contributed by atoms with Crippen LogP contribution in [0, 0.1) is 0 Å². The first-order valence-electron chi connectivity index (χ1n) is 13.1. The quantitative estimate of drug-likeness (QED) is 0.249. The van der Waals surface area contributed by atoms with E-state index >= 15 is 0 Å². The van der Waals surface area contributed by atoms with Gasteiger partial charge in [-0.3, -0.25) is 4.98 Å². The third kappa shape index (κ3) is 5.55. The molecule has 5 rings (SSSR count). The van der Waals surface area contributed by atoms with Gasteiger partial charge >= 0.3 is 0 Å². The zero-order valence-electron chi connectivity index (χ0n) is 23.0. The van der Waals surface area contributed by atoms with Crippen molar-refractivity contribution in [3.05, 3.63) is 108 Å². The van der Waals surface area contributed by atoms with Crippen molar-refractivity contribution in [1.29, 1.82) is 0 Å². The van der Waals surface area contributed by atoms with Gasteiger partial charge in [0, 0.05) is 28.5 Å². The second kappa shape index (κ2) is 9.94. The van der Waals surface area contributed by atoms with Gasteiger partial charge in [0.15, 0.2) is 17.5 Å². The van der Waals surface area contributed by atoms with Crippen LogP contribution < -0.4 is 0 Å². The van der Waals surface area contributed by atoms with E-state index in [1.807, 2.05) is 36.5 Å². The number of benzene rings is 3. The second-order valence-corrected chi connectivity index (χ2v) is 11.8. The molecule has 0 spiro atoms. The second-order valence-electron chi connectivity index (χ2n) is 11.8. The Bertz CT molecular complexity index is 1460. The molecule has 0 radical (unpaired) electrons. The fourth-order valence-electron chi connectivity index (χ4n) is 4.34. The van der Waals surface area contributed by atoms with Crippen molar-refractivity contribution in [3.8, 4) is 45.4 Å². The highest BCUT2D eigenvalue weighted by Gasteiger charge is 2.17. The van der Waals surface area contributed by atoms with Crippen LogP contribution in [0.5, 0.6) is 0 Å². The highest BCUT2D eigenvalue weighted by molar-refractivity contribution is 5.70. The molecule has 4 nitrogen and oxygen atoms in total. The summed E-state index contributed by atoms with van der Waals surface area (Å²) in [6.07, 6.45) is 1.82. The molecule has 0 fully saturated rings. The first-order chi connectivity index (χ1) is 18.1. The predicted molar refractivity (Wildman–Crippen MR) is 157 cm³/mol. The van der Waals surface area contributed by atoms with Crippen molar-refractivity contribution in [2.45, 2.75) is 52.4 Å². The Balaban J connectivity index is 1.63. The van der Waals surface area contributed by atoms with Gasteiger partial charge in [-0.25, -0.2) is 15.0 Å². The number of pyridine rings is 1. The van der Waals surface area contributed by atoms with Crippen LogP contribution in [0.3, 0.4) is 0 Å². The van der Waals surface area contributed by atoms with Crippen LogP contribution in [0.4, 0.5) is 0 Å². The molecule has 0 saturated heterocycles. The number of hydrogen-bond acceptors (Lipinski definition) is 4. The predicted octanol–water partition coefficient (Wildman–Crippen LogP) is 8.53. The maximum Gasteiger partial charge on any atom is 0.164 e. The van der Waals surface area contributed by atoms with Crippen LogP contribution in [0.25, 0.3) is 45.4 Å². The molecule has 0 saturated carbocycles. The minimum Gasteiger partial charge on any atom is -0.256 e. The Kier molecular flexibility index (Phi) is 6.66. The van der Waals surface area contributed by atoms with E-state index in [2.05, 4.69) is 107 Å². The van der Waals surface area contributed by atoms with Gasteiger partial charge in [0.05, 0.1) is 5.69 Å². The van der Waals surface area contributed by atoms with E-state index in [1.165, 1.54) is 11.1 Å². The zero-order valence-corrected chi connectivity index (χ0v) is 23.0. The fourth-order valence-corrected chi connectivity index (χ4v) is 4.34. The summed E-state index contributed by atoms with van der Waals surface area (Å²) < 4.78 is 0. The number of aromatic nitrogens is 4. The SMILES string of the molecule is CC(C)(C)c1ccc(-c2nc(-c3ccc(C(C)(C)C)cc3)nc(-c3ccnc(-c4ccccc4)c3)n2)cc1. The first kappa shape index (κ1) is 25.5. The smallest absolute Gasteiger partial charge is 0.164 e. The molecule has 38 heavy (non-hydrogen) atoms. The Labute approximate surface area is 225 Å². The lowest BCUT2D eigenvalue weighted by molar-refractivity contribution is 0.590. The molecule has 0 aliphatic heterocycles. The monoisotopic (exact) mass is 498 g/mol. The van der Waals surface area contributed by atoms with Crippen LogP contribution in [-0.2, 0) is 10.8 Å². The van der Waals surface area contributed by atoms with E-state index in [0.717, 1.165) is 27.9 Å². The third-order valence-electron chi connectivity index (χ3n) is 6.74. The molecular formula is C34H34N4. The minimum atomic E-state index is 0.0770. The average Bonchev–Trinajstić information content (AvgIpc) is 2.92. The maximum absolute atomic E-state index is 4.93. The fraction of sp³-hybridized carbons (Fsp3) is 0.235. The van der Waals surface area contributed by atoms with Gasteiger partial charge in [0.1, 0.15) is 0 Å². The van der Waals surface area contributed by atoms with Crippen molar-refractivity contribution < 1.29 is 0 Å². The molecule has 4 heteroatoms. The standard InChI is InChI=1S/C34H34N4/c1-33(2,3)27-16-12-24(13-17-27)30-36-31(25-14-18-28(19-15-25)34(4,5)6)38-32(37-30)26-20-21-35-29(22-26)23-10-8-7-9-11-23/h7-22H,1-6H3. The lowest BCUT2D eigenvalue weighted by Gasteiger charge is -2.19. The van der Waals surface area contributed by atoms with Gasteiger partial charge in [-0.1, -0.05) is 120 Å². The van der Waals surface area contributed by atoms with Gasteiger partial charge < -0.3 is 0 Å². The van der Waals surface area contributed by atoms with E-state index in [1.54, 1.807) is 0 Å². The van der Waals surface area contributed by atoms with E-state index in [0.29, 0.717) is 17.5 Å². The first-order valence-corrected chi connectivity index (χ1v) is 13.1. The van der Waals surface area contributed by atoms with E-state index in [4.69, 9.17) is 15.0 Å². The van der Waals surface area contributed by atoms with Gasteiger partial charge in [0.2, 0.25) is 0 Å². The molecule has 0 bridgehead atoms. The topological polar surface area (TPSA) is 51.6 Å². The zero-order chi connectivity index (χ0) is 26.9. The molecule has 0 N–H and O–H groups in total. The molecule has 0 aliphatic rings. The Morgan fingerprint density at radius 3 is 1.34 bits per heavy atom. The van der Waals surface area contributed by atoms with Crippen molar-refractivity contribution in [3.63, 3.8) is 0 Å². The Hall–Kier alpha value is -4.18. The molecule has 0 unspecified atom stereocenters. The van der Waals surface area contributed by atoms with Gasteiger partial charge in [0.25, 0.3) is 0 Å². The molecule has 2 aromatic heterocycles. The average molecular weight is 499 g/mol. The van der Waals surface area contributed by atoms with E-state index in [9.17, 15) is 0 Å². The summed E-state index contributed by atoms with van der Waals surface area (Å²) in [6, 6.07) is 31.2. The van der Waals surface area contributed by atoms with Crippen LogP contribution in [0.1, 0.15) is 52.7 Å². The van der Waals surface area contributed by atoms with Crippen LogP contribution >= 0.6 is 0 Å². The summed E-state index contributed by atoms with van der Waals surface area (Å²) in [5, 5.41) is 0. The molecule has 3 aromatic carbocycles. The summed E-state index contributed by atoms with van der Waals surface area (Å²) in [6.45, 7) is 13.3. The number of rotatable bonds is 4. The minimum absolute atomic E-state index is 0.0770. The van der Waals surface area contributed by atoms with Gasteiger partial charge in [-0.15, -0.1) is 0 Å². The highest BCUT2D eigenvalue weighted by Crippen LogP contribution is 2.30. The highest BCUT2D eigenvalue weighted by atomic mass is 15.0. The summed E-state index contributed by atoms with van der Waals surface area (Å²) >= 11 is 0. The molecule has 2 heterocycles. The molecule has 190 valence electrons. The molecule has 0 atom stereocenters. The van der Waals surface area contributed by atoms with Crippen LogP contribution in [0.2, 0.25) is 0 Å². The van der Waals surface area contributed by atoms with Crippen molar-refractivity contribution >= 4 is 0 Å². The number of nitrogens with zero attached hydrogens (tertiary/aromatic N) is 4. The lowest BCUT2D eigenvalue weighted by atomic mass is 9.86. The van der Waals surface area contributed by atoms with Crippen molar-refractivity contribution in [2.24, 2.45) is 0 Å². The molecular weight excluding hydrogens is 464 g/mol. The lowest BCUT2D eigenvalue weighted by Crippen LogP contribution is -2.10.